The first-order valence-corrected chi connectivity index (χ1v) is 11.0. The van der Waals surface area contributed by atoms with Gasteiger partial charge in [0, 0.05) is 31.6 Å². The van der Waals surface area contributed by atoms with Crippen LogP contribution in [0, 0.1) is 23.6 Å². The zero-order valence-corrected chi connectivity index (χ0v) is 17.3. The molecule has 0 heterocycles. The zero-order valence-electron chi connectivity index (χ0n) is 17.3. The van der Waals surface area contributed by atoms with Crippen molar-refractivity contribution >= 4 is 11.9 Å². The average molecular weight is 402 g/mol. The highest BCUT2D eigenvalue weighted by molar-refractivity contribution is 5.78. The molecule has 0 aliphatic heterocycles. The normalized spacial score (nSPS) is 29.5. The van der Waals surface area contributed by atoms with Gasteiger partial charge in [-0.2, -0.15) is 0 Å². The summed E-state index contributed by atoms with van der Waals surface area (Å²) in [6.45, 7) is 3.16. The Morgan fingerprint density at radius 3 is 2.38 bits per heavy atom. The van der Waals surface area contributed by atoms with Crippen molar-refractivity contribution in [3.8, 4) is 0 Å². The minimum atomic E-state index is -0.297. The van der Waals surface area contributed by atoms with Crippen molar-refractivity contribution in [2.45, 2.75) is 64.0 Å². The summed E-state index contributed by atoms with van der Waals surface area (Å²) in [5.74, 6) is 2.01. The summed E-state index contributed by atoms with van der Waals surface area (Å²) in [6, 6.07) is 6.17. The van der Waals surface area contributed by atoms with E-state index in [1.54, 1.807) is 11.0 Å². The molecule has 2 N–H and O–H groups in total. The molecule has 0 unspecified atom stereocenters. The summed E-state index contributed by atoms with van der Waals surface area (Å²) in [6.07, 6.45) is 7.62. The Hall–Kier alpha value is -2.11. The maximum Gasteiger partial charge on any atom is 0.315 e. The van der Waals surface area contributed by atoms with Gasteiger partial charge in [0.05, 0.1) is 0 Å². The van der Waals surface area contributed by atoms with Crippen molar-refractivity contribution in [1.29, 1.82) is 0 Å². The summed E-state index contributed by atoms with van der Waals surface area (Å²) in [7, 11) is 0. The summed E-state index contributed by atoms with van der Waals surface area (Å²) >= 11 is 0. The highest BCUT2D eigenvalue weighted by Crippen LogP contribution is 2.55. The molecular formula is C23H32FN3O2. The maximum atomic E-state index is 13.4. The first-order valence-electron chi connectivity index (χ1n) is 11.0. The standard InChI is InChI=1S/C23H32FN3O2/c1-2-27(15-16-4-3-5-20(24)11-16)21(28)6-7-25-22(29)26-23-12-17-8-18(13-23)10-19(9-17)14-23/h3-5,11,17-19H,2,6-10,12-15H2,1H3,(H2,25,26,29). The molecule has 6 heteroatoms. The Balaban J connectivity index is 1.23. The third-order valence-corrected chi connectivity index (χ3v) is 7.04. The third kappa shape index (κ3) is 4.73. The van der Waals surface area contributed by atoms with E-state index in [4.69, 9.17) is 0 Å². The van der Waals surface area contributed by atoms with Crippen LogP contribution in [0.25, 0.3) is 0 Å². The van der Waals surface area contributed by atoms with Crippen molar-refractivity contribution < 1.29 is 14.0 Å². The Morgan fingerprint density at radius 1 is 1.14 bits per heavy atom. The van der Waals surface area contributed by atoms with E-state index in [2.05, 4.69) is 10.6 Å². The molecule has 4 bridgehead atoms. The second kappa shape index (κ2) is 8.33. The van der Waals surface area contributed by atoms with Gasteiger partial charge in [-0.15, -0.1) is 0 Å². The predicted molar refractivity (Wildman–Crippen MR) is 110 cm³/mol. The topological polar surface area (TPSA) is 61.4 Å². The van der Waals surface area contributed by atoms with E-state index < -0.39 is 0 Å². The van der Waals surface area contributed by atoms with Gasteiger partial charge in [-0.3, -0.25) is 4.79 Å². The van der Waals surface area contributed by atoms with Gasteiger partial charge in [0.25, 0.3) is 0 Å². The molecule has 4 aliphatic rings. The van der Waals surface area contributed by atoms with Crippen molar-refractivity contribution in [2.24, 2.45) is 17.8 Å². The van der Waals surface area contributed by atoms with Gasteiger partial charge in [0.2, 0.25) is 5.91 Å². The summed E-state index contributed by atoms with van der Waals surface area (Å²) in [4.78, 5) is 26.7. The van der Waals surface area contributed by atoms with E-state index in [-0.39, 0.29) is 29.7 Å². The fourth-order valence-electron chi connectivity index (χ4n) is 6.22. The SMILES string of the molecule is CCN(Cc1cccc(F)c1)C(=O)CCNC(=O)NC12CC3CC(CC(C3)C1)C2. The number of nitrogens with zero attached hydrogens (tertiary/aromatic N) is 1. The van der Waals surface area contributed by atoms with Gasteiger partial charge in [-0.1, -0.05) is 12.1 Å². The van der Waals surface area contributed by atoms with Crippen molar-refractivity contribution in [2.75, 3.05) is 13.1 Å². The fraction of sp³-hybridized carbons (Fsp3) is 0.652. The average Bonchev–Trinajstić information content (AvgIpc) is 2.64. The Labute approximate surface area is 172 Å². The molecule has 4 fully saturated rings. The van der Waals surface area contributed by atoms with Crippen molar-refractivity contribution in [3.63, 3.8) is 0 Å². The van der Waals surface area contributed by atoms with E-state index in [0.29, 0.717) is 19.6 Å². The third-order valence-electron chi connectivity index (χ3n) is 7.04. The number of hydrogen-bond donors (Lipinski definition) is 2. The van der Waals surface area contributed by atoms with Crippen molar-refractivity contribution in [1.82, 2.24) is 15.5 Å². The number of hydrogen-bond acceptors (Lipinski definition) is 2. The van der Waals surface area contributed by atoms with Crippen LogP contribution in [0.15, 0.2) is 24.3 Å². The van der Waals surface area contributed by atoms with Crippen LogP contribution >= 0.6 is 0 Å². The van der Waals surface area contributed by atoms with Crippen LogP contribution in [0.1, 0.15) is 57.4 Å². The Morgan fingerprint density at radius 2 is 1.79 bits per heavy atom. The molecule has 1 aromatic rings. The number of urea groups is 1. The molecule has 0 aromatic heterocycles. The van der Waals surface area contributed by atoms with E-state index >= 15 is 0 Å². The summed E-state index contributed by atoms with van der Waals surface area (Å²) < 4.78 is 13.4. The molecule has 1 aromatic carbocycles. The van der Waals surface area contributed by atoms with Crippen LogP contribution in [-0.4, -0.2) is 35.5 Å². The molecule has 0 atom stereocenters. The minimum Gasteiger partial charge on any atom is -0.339 e. The number of rotatable bonds is 7. The van der Waals surface area contributed by atoms with Gasteiger partial charge in [0.15, 0.2) is 0 Å². The Bertz CT molecular complexity index is 731. The lowest BCUT2D eigenvalue weighted by atomic mass is 9.53. The predicted octanol–water partition coefficient (Wildman–Crippen LogP) is 3.83. The zero-order chi connectivity index (χ0) is 20.4. The first-order chi connectivity index (χ1) is 13.9. The molecule has 5 rings (SSSR count). The number of carbonyl (C=O) groups excluding carboxylic acids is 2. The van der Waals surface area contributed by atoms with Crippen LogP contribution in [-0.2, 0) is 11.3 Å². The molecule has 158 valence electrons. The molecule has 4 saturated carbocycles. The molecular weight excluding hydrogens is 369 g/mol. The smallest absolute Gasteiger partial charge is 0.315 e. The molecule has 5 nitrogen and oxygen atoms in total. The first kappa shape index (κ1) is 20.2. The molecule has 4 aliphatic carbocycles. The van der Waals surface area contributed by atoms with Crippen LogP contribution < -0.4 is 10.6 Å². The molecule has 0 saturated heterocycles. The van der Waals surface area contributed by atoms with Gasteiger partial charge >= 0.3 is 6.03 Å². The largest absolute Gasteiger partial charge is 0.339 e. The van der Waals surface area contributed by atoms with Crippen molar-refractivity contribution in [3.05, 3.63) is 35.6 Å². The number of amides is 3. The minimum absolute atomic E-state index is 0.0182. The molecule has 0 radical (unpaired) electrons. The fourth-order valence-corrected chi connectivity index (χ4v) is 6.22. The van der Waals surface area contributed by atoms with Gasteiger partial charge in [-0.05, 0) is 80.9 Å². The number of carbonyl (C=O) groups is 2. The highest BCUT2D eigenvalue weighted by Gasteiger charge is 2.51. The lowest BCUT2D eigenvalue weighted by Gasteiger charge is -2.56. The van der Waals surface area contributed by atoms with Crippen LogP contribution in [0.5, 0.6) is 0 Å². The highest BCUT2D eigenvalue weighted by atomic mass is 19.1. The second-order valence-electron chi connectivity index (χ2n) is 9.37. The van der Waals surface area contributed by atoms with E-state index in [1.165, 1.54) is 31.4 Å². The lowest BCUT2D eigenvalue weighted by Crippen LogP contribution is -2.61. The Kier molecular flexibility index (Phi) is 5.79. The number of nitrogens with one attached hydrogen (secondary N) is 2. The second-order valence-corrected chi connectivity index (χ2v) is 9.37. The van der Waals surface area contributed by atoms with E-state index in [1.807, 2.05) is 13.0 Å². The van der Waals surface area contributed by atoms with Gasteiger partial charge in [0.1, 0.15) is 5.82 Å². The quantitative estimate of drug-likeness (QED) is 0.729. The molecule has 3 amide bonds. The monoisotopic (exact) mass is 401 g/mol. The molecule has 0 spiro atoms. The van der Waals surface area contributed by atoms with E-state index in [0.717, 1.165) is 42.6 Å². The van der Waals surface area contributed by atoms with Gasteiger partial charge in [-0.25, -0.2) is 9.18 Å². The molecule has 29 heavy (non-hydrogen) atoms. The van der Waals surface area contributed by atoms with Gasteiger partial charge < -0.3 is 15.5 Å². The number of benzene rings is 1. The van der Waals surface area contributed by atoms with Crippen LogP contribution in [0.4, 0.5) is 9.18 Å². The van der Waals surface area contributed by atoms with E-state index in [9.17, 15) is 14.0 Å². The summed E-state index contributed by atoms with van der Waals surface area (Å²) in [5, 5.41) is 6.15. The van der Waals surface area contributed by atoms with Crippen LogP contribution in [0.3, 0.4) is 0 Å². The number of halogens is 1. The maximum absolute atomic E-state index is 13.4. The summed E-state index contributed by atoms with van der Waals surface area (Å²) in [5.41, 5.74) is 0.753. The lowest BCUT2D eigenvalue weighted by molar-refractivity contribution is -0.131. The van der Waals surface area contributed by atoms with Crippen LogP contribution in [0.2, 0.25) is 0 Å².